The van der Waals surface area contributed by atoms with E-state index >= 15 is 0 Å². The van der Waals surface area contributed by atoms with Gasteiger partial charge in [-0.2, -0.15) is 0 Å². The smallest absolute Gasteiger partial charge is 0.408 e. The van der Waals surface area contributed by atoms with E-state index in [1.807, 2.05) is 54.6 Å². The van der Waals surface area contributed by atoms with Crippen LogP contribution < -0.4 is 5.32 Å². The number of hydrogen-bond donors (Lipinski definition) is 1. The number of alkyl carbamates (subject to hydrolysis) is 1. The van der Waals surface area contributed by atoms with Crippen molar-refractivity contribution in [2.24, 2.45) is 0 Å². The fourth-order valence-corrected chi connectivity index (χ4v) is 2.54. The molecule has 0 aliphatic carbocycles. The van der Waals surface area contributed by atoms with Crippen LogP contribution in [-0.4, -0.2) is 24.2 Å². The Bertz CT molecular complexity index is 716. The summed E-state index contributed by atoms with van der Waals surface area (Å²) in [5.74, 6) is -0.487. The lowest BCUT2D eigenvalue weighted by Gasteiger charge is -2.19. The summed E-state index contributed by atoms with van der Waals surface area (Å²) in [6, 6.07) is 16.1. The van der Waals surface area contributed by atoms with Crippen molar-refractivity contribution in [1.82, 2.24) is 5.32 Å². The lowest BCUT2D eigenvalue weighted by Crippen LogP contribution is -2.44. The van der Waals surface area contributed by atoms with Gasteiger partial charge >= 0.3 is 12.1 Å². The molecule has 2 rings (SSSR count). The largest absolute Gasteiger partial charge is 0.461 e. The molecule has 1 unspecified atom stereocenters. The van der Waals surface area contributed by atoms with Crippen molar-refractivity contribution in [3.8, 4) is 0 Å². The summed E-state index contributed by atoms with van der Waals surface area (Å²) in [6.45, 7) is 3.67. The second-order valence-electron chi connectivity index (χ2n) is 6.07. The van der Waals surface area contributed by atoms with Crippen LogP contribution in [0.2, 0.25) is 0 Å². The molecule has 0 aliphatic heterocycles. The predicted octanol–water partition coefficient (Wildman–Crippen LogP) is 4.24. The first-order valence-electron chi connectivity index (χ1n) is 8.36. The van der Waals surface area contributed by atoms with E-state index in [2.05, 4.69) is 21.2 Å². The van der Waals surface area contributed by atoms with Crippen molar-refractivity contribution >= 4 is 28.0 Å². The zero-order chi connectivity index (χ0) is 18.9. The molecule has 0 fully saturated rings. The van der Waals surface area contributed by atoms with E-state index in [9.17, 15) is 9.59 Å². The van der Waals surface area contributed by atoms with E-state index in [-0.39, 0.29) is 12.7 Å². The first-order chi connectivity index (χ1) is 12.4. The number of carbonyl (C=O) groups is 2. The molecule has 0 radical (unpaired) electrons. The third-order valence-corrected chi connectivity index (χ3v) is 4.02. The van der Waals surface area contributed by atoms with E-state index in [1.54, 1.807) is 13.8 Å². The van der Waals surface area contributed by atoms with Crippen LogP contribution in [0.3, 0.4) is 0 Å². The molecule has 1 N–H and O–H groups in total. The number of benzene rings is 2. The third kappa shape index (κ3) is 6.88. The Labute approximate surface area is 161 Å². The minimum atomic E-state index is -0.818. The Hall–Kier alpha value is -2.34. The first kappa shape index (κ1) is 20.0. The molecule has 5 nitrogen and oxygen atoms in total. The fourth-order valence-electron chi connectivity index (χ4n) is 2.27. The van der Waals surface area contributed by atoms with Gasteiger partial charge in [0.2, 0.25) is 0 Å². The Morgan fingerprint density at radius 1 is 1.00 bits per heavy atom. The molecular formula is C20H22BrNO4. The maximum absolute atomic E-state index is 12.3. The number of carbonyl (C=O) groups excluding carboxylic acids is 2. The highest BCUT2D eigenvalue weighted by molar-refractivity contribution is 9.10. The molecule has 1 amide bonds. The summed E-state index contributed by atoms with van der Waals surface area (Å²) in [5.41, 5.74) is 1.78. The predicted molar refractivity (Wildman–Crippen MR) is 103 cm³/mol. The minimum Gasteiger partial charge on any atom is -0.461 e. The van der Waals surface area contributed by atoms with Gasteiger partial charge in [0.15, 0.2) is 0 Å². The summed E-state index contributed by atoms with van der Waals surface area (Å²) in [7, 11) is 0. The van der Waals surface area contributed by atoms with Gasteiger partial charge in [-0.3, -0.25) is 0 Å². The lowest BCUT2D eigenvalue weighted by atomic mass is 10.1. The molecule has 1 atom stereocenters. The second kappa shape index (κ2) is 9.97. The molecule has 0 heterocycles. The van der Waals surface area contributed by atoms with Crippen LogP contribution in [0.4, 0.5) is 4.79 Å². The quantitative estimate of drug-likeness (QED) is 0.681. The Kier molecular flexibility index (Phi) is 7.66. The van der Waals surface area contributed by atoms with E-state index in [1.165, 1.54) is 0 Å². The molecule has 26 heavy (non-hydrogen) atoms. The Balaban J connectivity index is 1.99. The molecule has 0 aromatic heterocycles. The monoisotopic (exact) mass is 419 g/mol. The van der Waals surface area contributed by atoms with Crippen molar-refractivity contribution < 1.29 is 19.1 Å². The minimum absolute atomic E-state index is 0.136. The van der Waals surface area contributed by atoms with Crippen LogP contribution in [0.25, 0.3) is 0 Å². The first-order valence-corrected chi connectivity index (χ1v) is 9.15. The SMILES string of the molecule is CC(C)OC(=O)C(Cc1ccc(Br)cc1)NC(=O)OCc1ccccc1. The molecule has 0 saturated carbocycles. The third-order valence-electron chi connectivity index (χ3n) is 3.49. The molecule has 2 aromatic carbocycles. The van der Waals surface area contributed by atoms with Crippen LogP contribution in [0, 0.1) is 0 Å². The summed E-state index contributed by atoms with van der Waals surface area (Å²) >= 11 is 3.37. The number of amides is 1. The average molecular weight is 420 g/mol. The normalized spacial score (nSPS) is 11.7. The molecule has 0 saturated heterocycles. The van der Waals surface area contributed by atoms with Gasteiger partial charge in [0.25, 0.3) is 0 Å². The summed E-state index contributed by atoms with van der Waals surface area (Å²) in [4.78, 5) is 24.4. The highest BCUT2D eigenvalue weighted by Gasteiger charge is 2.24. The van der Waals surface area contributed by atoms with Gasteiger partial charge in [-0.05, 0) is 37.1 Å². The zero-order valence-corrected chi connectivity index (χ0v) is 16.4. The van der Waals surface area contributed by atoms with Crippen LogP contribution in [0.15, 0.2) is 59.1 Å². The van der Waals surface area contributed by atoms with Gasteiger partial charge < -0.3 is 14.8 Å². The van der Waals surface area contributed by atoms with Gasteiger partial charge in [-0.15, -0.1) is 0 Å². The number of ether oxygens (including phenoxy) is 2. The van der Waals surface area contributed by atoms with Crippen LogP contribution in [0.5, 0.6) is 0 Å². The number of rotatable bonds is 7. The van der Waals surface area contributed by atoms with E-state index in [4.69, 9.17) is 9.47 Å². The summed E-state index contributed by atoms with van der Waals surface area (Å²) in [5, 5.41) is 2.61. The topological polar surface area (TPSA) is 64.6 Å². The van der Waals surface area contributed by atoms with Gasteiger partial charge in [-0.1, -0.05) is 58.4 Å². The van der Waals surface area contributed by atoms with Crippen LogP contribution in [-0.2, 0) is 27.3 Å². The van der Waals surface area contributed by atoms with E-state index < -0.39 is 18.1 Å². The Morgan fingerprint density at radius 3 is 2.27 bits per heavy atom. The van der Waals surface area contributed by atoms with Gasteiger partial charge in [0.05, 0.1) is 6.10 Å². The van der Waals surface area contributed by atoms with Crippen molar-refractivity contribution in [3.05, 3.63) is 70.2 Å². The maximum Gasteiger partial charge on any atom is 0.408 e. The van der Waals surface area contributed by atoms with Crippen molar-refractivity contribution in [2.75, 3.05) is 0 Å². The Morgan fingerprint density at radius 2 is 1.65 bits per heavy atom. The van der Waals surface area contributed by atoms with Crippen molar-refractivity contribution in [1.29, 1.82) is 0 Å². The average Bonchev–Trinajstić information content (AvgIpc) is 2.61. The van der Waals surface area contributed by atoms with Crippen molar-refractivity contribution in [2.45, 2.75) is 39.0 Å². The van der Waals surface area contributed by atoms with Gasteiger partial charge in [-0.25, -0.2) is 9.59 Å². The van der Waals surface area contributed by atoms with Gasteiger partial charge in [0.1, 0.15) is 12.6 Å². The summed E-state index contributed by atoms with van der Waals surface area (Å²) in [6.07, 6.45) is -0.604. The zero-order valence-electron chi connectivity index (χ0n) is 14.8. The highest BCUT2D eigenvalue weighted by atomic mass is 79.9. The number of hydrogen-bond acceptors (Lipinski definition) is 4. The molecule has 138 valence electrons. The van der Waals surface area contributed by atoms with E-state index in [0.717, 1.165) is 15.6 Å². The van der Waals surface area contributed by atoms with Crippen LogP contribution in [0.1, 0.15) is 25.0 Å². The molecule has 0 bridgehead atoms. The van der Waals surface area contributed by atoms with Crippen molar-refractivity contribution in [3.63, 3.8) is 0 Å². The maximum atomic E-state index is 12.3. The molecule has 0 spiro atoms. The van der Waals surface area contributed by atoms with E-state index in [0.29, 0.717) is 6.42 Å². The second-order valence-corrected chi connectivity index (χ2v) is 6.99. The lowest BCUT2D eigenvalue weighted by molar-refractivity contribution is -0.149. The molecular weight excluding hydrogens is 398 g/mol. The highest BCUT2D eigenvalue weighted by Crippen LogP contribution is 2.13. The van der Waals surface area contributed by atoms with Gasteiger partial charge in [0, 0.05) is 10.9 Å². The molecule has 6 heteroatoms. The number of esters is 1. The number of nitrogens with one attached hydrogen (secondary N) is 1. The molecule has 2 aromatic rings. The standard InChI is InChI=1S/C20H22BrNO4/c1-14(2)26-19(23)18(12-15-8-10-17(21)11-9-15)22-20(24)25-13-16-6-4-3-5-7-16/h3-11,14,18H,12-13H2,1-2H3,(H,22,24). The van der Waals surface area contributed by atoms with Crippen LogP contribution >= 0.6 is 15.9 Å². The number of halogens is 1. The molecule has 0 aliphatic rings. The fraction of sp³-hybridized carbons (Fsp3) is 0.300. The summed E-state index contributed by atoms with van der Waals surface area (Å²) < 4.78 is 11.4.